The molecule has 144 valence electrons. The van der Waals surface area contributed by atoms with E-state index in [2.05, 4.69) is 10.6 Å². The van der Waals surface area contributed by atoms with Crippen LogP contribution in [-0.4, -0.2) is 31.1 Å². The summed E-state index contributed by atoms with van der Waals surface area (Å²) in [5.74, 6) is -0.451. The molecule has 8 heteroatoms. The second kappa shape index (κ2) is 7.22. The first-order chi connectivity index (χ1) is 13.5. The van der Waals surface area contributed by atoms with Crippen LogP contribution in [0.3, 0.4) is 0 Å². The number of carbonyl (C=O) groups is 3. The quantitative estimate of drug-likeness (QED) is 0.796. The van der Waals surface area contributed by atoms with Crippen molar-refractivity contribution in [3.8, 4) is 11.5 Å². The number of ether oxygens (including phenoxy) is 2. The van der Waals surface area contributed by atoms with E-state index in [4.69, 9.17) is 9.47 Å². The van der Waals surface area contributed by atoms with Crippen LogP contribution < -0.4 is 25.0 Å². The Labute approximate surface area is 161 Å². The van der Waals surface area contributed by atoms with Gasteiger partial charge in [-0.15, -0.1) is 0 Å². The summed E-state index contributed by atoms with van der Waals surface area (Å²) in [6.07, 6.45) is 1.33. The van der Waals surface area contributed by atoms with E-state index in [1.54, 1.807) is 35.2 Å². The largest absolute Gasteiger partial charge is 0.454 e. The van der Waals surface area contributed by atoms with Gasteiger partial charge in [-0.1, -0.05) is 6.07 Å². The van der Waals surface area contributed by atoms with Gasteiger partial charge in [0.15, 0.2) is 11.5 Å². The number of fused-ring (bicyclic) bond motifs is 1. The van der Waals surface area contributed by atoms with Crippen LogP contribution in [0, 0.1) is 6.92 Å². The van der Waals surface area contributed by atoms with E-state index in [1.165, 1.54) is 0 Å². The van der Waals surface area contributed by atoms with Gasteiger partial charge in [0, 0.05) is 36.1 Å². The number of anilines is 3. The molecule has 0 aliphatic carbocycles. The van der Waals surface area contributed by atoms with Crippen LogP contribution in [0.4, 0.5) is 17.1 Å². The monoisotopic (exact) mass is 381 g/mol. The predicted octanol–water partition coefficient (Wildman–Crippen LogP) is 2.43. The Kier molecular flexibility index (Phi) is 4.60. The summed E-state index contributed by atoms with van der Waals surface area (Å²) in [6, 6.07) is 10.1. The average molecular weight is 381 g/mol. The number of rotatable bonds is 3. The van der Waals surface area contributed by atoms with E-state index in [0.717, 1.165) is 17.7 Å². The molecule has 2 heterocycles. The first-order valence-corrected chi connectivity index (χ1v) is 8.94. The third-order valence-corrected chi connectivity index (χ3v) is 4.67. The van der Waals surface area contributed by atoms with Crippen molar-refractivity contribution in [1.29, 1.82) is 0 Å². The van der Waals surface area contributed by atoms with Crippen molar-refractivity contribution < 1.29 is 23.9 Å². The van der Waals surface area contributed by atoms with Gasteiger partial charge < -0.3 is 25.0 Å². The molecule has 3 amide bonds. The van der Waals surface area contributed by atoms with E-state index in [-0.39, 0.29) is 12.7 Å². The van der Waals surface area contributed by atoms with E-state index in [1.807, 2.05) is 13.0 Å². The molecule has 0 saturated carbocycles. The molecule has 0 bridgehead atoms. The summed E-state index contributed by atoms with van der Waals surface area (Å²) < 4.78 is 10.5. The van der Waals surface area contributed by atoms with Crippen molar-refractivity contribution in [2.45, 2.75) is 19.8 Å². The van der Waals surface area contributed by atoms with Gasteiger partial charge in [-0.3, -0.25) is 14.4 Å². The average Bonchev–Trinajstić information content (AvgIpc) is 3.31. The molecule has 2 N–H and O–H groups in total. The fourth-order valence-electron chi connectivity index (χ4n) is 3.23. The summed E-state index contributed by atoms with van der Waals surface area (Å²) in [5.41, 5.74) is 2.55. The lowest BCUT2D eigenvalue weighted by Crippen LogP contribution is -2.29. The number of benzene rings is 2. The number of nitrogens with one attached hydrogen (secondary N) is 2. The van der Waals surface area contributed by atoms with Gasteiger partial charge in [0.05, 0.1) is 0 Å². The molecule has 0 spiro atoms. The number of amides is 3. The molecule has 0 atom stereocenters. The van der Waals surface area contributed by atoms with E-state index in [9.17, 15) is 14.4 Å². The second-order valence-corrected chi connectivity index (χ2v) is 6.63. The summed E-state index contributed by atoms with van der Waals surface area (Å²) >= 11 is 0. The summed E-state index contributed by atoms with van der Waals surface area (Å²) in [5, 5.41) is 5.10. The molecule has 2 aromatic rings. The van der Waals surface area contributed by atoms with E-state index >= 15 is 0 Å². The van der Waals surface area contributed by atoms with Crippen LogP contribution in [0.15, 0.2) is 36.4 Å². The first kappa shape index (κ1) is 17.8. The Morgan fingerprint density at radius 3 is 2.36 bits per heavy atom. The maximum absolute atomic E-state index is 12.3. The van der Waals surface area contributed by atoms with Crippen LogP contribution in [-0.2, 0) is 14.4 Å². The minimum Gasteiger partial charge on any atom is -0.454 e. The van der Waals surface area contributed by atoms with Gasteiger partial charge in [0.2, 0.25) is 12.7 Å². The Bertz CT molecular complexity index is 972. The zero-order chi connectivity index (χ0) is 19.7. The fourth-order valence-corrected chi connectivity index (χ4v) is 3.23. The number of aryl methyl sites for hydroxylation is 1. The molecular weight excluding hydrogens is 362 g/mol. The molecule has 2 aliphatic heterocycles. The highest BCUT2D eigenvalue weighted by molar-refractivity contribution is 6.43. The molecule has 0 radical (unpaired) electrons. The first-order valence-electron chi connectivity index (χ1n) is 8.94. The standard InChI is InChI=1S/C20H19N3O5/c1-12-4-5-13(9-15(12)23-8-2-3-18(23)24)21-19(25)20(26)22-14-6-7-16-17(10-14)28-11-27-16/h4-7,9-10H,2-3,8,11H2,1H3,(H,21,25)(H,22,26). The molecule has 0 unspecified atom stereocenters. The zero-order valence-electron chi connectivity index (χ0n) is 15.3. The number of nitrogens with zero attached hydrogens (tertiary/aromatic N) is 1. The normalized spacial score (nSPS) is 14.9. The van der Waals surface area contributed by atoms with Crippen molar-refractivity contribution in [2.75, 3.05) is 28.9 Å². The molecular formula is C20H19N3O5. The van der Waals surface area contributed by atoms with Gasteiger partial charge in [-0.2, -0.15) is 0 Å². The van der Waals surface area contributed by atoms with Crippen molar-refractivity contribution in [1.82, 2.24) is 0 Å². The predicted molar refractivity (Wildman–Crippen MR) is 103 cm³/mol. The molecule has 1 fully saturated rings. The van der Waals surface area contributed by atoms with Crippen molar-refractivity contribution in [3.05, 3.63) is 42.0 Å². The van der Waals surface area contributed by atoms with Crippen LogP contribution in [0.1, 0.15) is 18.4 Å². The van der Waals surface area contributed by atoms with Gasteiger partial charge >= 0.3 is 11.8 Å². The van der Waals surface area contributed by atoms with Crippen molar-refractivity contribution in [2.24, 2.45) is 0 Å². The second-order valence-electron chi connectivity index (χ2n) is 6.63. The maximum Gasteiger partial charge on any atom is 0.314 e. The third-order valence-electron chi connectivity index (χ3n) is 4.67. The Hall–Kier alpha value is -3.55. The number of hydrogen-bond acceptors (Lipinski definition) is 5. The zero-order valence-corrected chi connectivity index (χ0v) is 15.3. The van der Waals surface area contributed by atoms with Crippen LogP contribution >= 0.6 is 0 Å². The Morgan fingerprint density at radius 1 is 0.964 bits per heavy atom. The highest BCUT2D eigenvalue weighted by atomic mass is 16.7. The van der Waals surface area contributed by atoms with Crippen LogP contribution in [0.25, 0.3) is 0 Å². The molecule has 1 saturated heterocycles. The highest BCUT2D eigenvalue weighted by Crippen LogP contribution is 2.34. The highest BCUT2D eigenvalue weighted by Gasteiger charge is 2.24. The molecule has 28 heavy (non-hydrogen) atoms. The van der Waals surface area contributed by atoms with E-state index < -0.39 is 11.8 Å². The van der Waals surface area contributed by atoms with Crippen LogP contribution in [0.2, 0.25) is 0 Å². The molecule has 2 aliphatic rings. The van der Waals surface area contributed by atoms with Gasteiger partial charge in [0.25, 0.3) is 0 Å². The fraction of sp³-hybridized carbons (Fsp3) is 0.250. The van der Waals surface area contributed by atoms with E-state index in [0.29, 0.717) is 35.8 Å². The van der Waals surface area contributed by atoms with Crippen LogP contribution in [0.5, 0.6) is 11.5 Å². The summed E-state index contributed by atoms with van der Waals surface area (Å²) in [7, 11) is 0. The summed E-state index contributed by atoms with van der Waals surface area (Å²) in [4.78, 5) is 38.2. The maximum atomic E-state index is 12.3. The Morgan fingerprint density at radius 2 is 1.64 bits per heavy atom. The minimum absolute atomic E-state index is 0.0622. The van der Waals surface area contributed by atoms with Crippen molar-refractivity contribution in [3.63, 3.8) is 0 Å². The Balaban J connectivity index is 1.44. The molecule has 0 aromatic heterocycles. The van der Waals surface area contributed by atoms with Gasteiger partial charge in [0.1, 0.15) is 0 Å². The SMILES string of the molecule is Cc1ccc(NC(=O)C(=O)Nc2ccc3c(c2)OCO3)cc1N1CCCC1=O. The number of hydrogen-bond donors (Lipinski definition) is 2. The van der Waals surface area contributed by atoms with Crippen molar-refractivity contribution >= 4 is 34.8 Å². The lowest BCUT2D eigenvalue weighted by molar-refractivity contribution is -0.132. The van der Waals surface area contributed by atoms with Gasteiger partial charge in [-0.05, 0) is 43.2 Å². The van der Waals surface area contributed by atoms with Gasteiger partial charge in [-0.25, -0.2) is 0 Å². The third kappa shape index (κ3) is 3.48. The number of carbonyl (C=O) groups excluding carboxylic acids is 3. The molecule has 4 rings (SSSR count). The minimum atomic E-state index is -0.807. The molecule has 8 nitrogen and oxygen atoms in total. The summed E-state index contributed by atoms with van der Waals surface area (Å²) in [6.45, 7) is 2.68. The molecule has 2 aromatic carbocycles. The lowest BCUT2D eigenvalue weighted by atomic mass is 10.1. The lowest BCUT2D eigenvalue weighted by Gasteiger charge is -2.19. The smallest absolute Gasteiger partial charge is 0.314 e. The topological polar surface area (TPSA) is 97.0 Å².